The van der Waals surface area contributed by atoms with Crippen LogP contribution >= 0.6 is 11.6 Å². The molecule has 7 heteroatoms. The molecule has 1 aliphatic rings. The molecule has 5 nitrogen and oxygen atoms in total. The molecule has 0 heterocycles. The lowest BCUT2D eigenvalue weighted by molar-refractivity contribution is 0.0628. The number of hydrogen-bond donors (Lipinski definition) is 0. The number of hydrogen-bond acceptors (Lipinski definition) is 3. The van der Waals surface area contributed by atoms with Crippen molar-refractivity contribution in [1.82, 2.24) is 4.90 Å². The van der Waals surface area contributed by atoms with Crippen molar-refractivity contribution in [2.45, 2.75) is 50.6 Å². The molecule has 0 bridgehead atoms. The largest absolute Gasteiger partial charge is 0.333 e. The number of para-hydroxylation sites is 1. The number of nitrogens with zero attached hydrogens (tertiary/aromatic N) is 2. The summed E-state index contributed by atoms with van der Waals surface area (Å²) >= 11 is 6.34. The van der Waals surface area contributed by atoms with Gasteiger partial charge in [-0.05, 0) is 56.0 Å². The maximum absolute atomic E-state index is 13.3. The average Bonchev–Trinajstić information content (AvgIpc) is 3.53. The van der Waals surface area contributed by atoms with Gasteiger partial charge in [0.25, 0.3) is 15.9 Å². The summed E-state index contributed by atoms with van der Waals surface area (Å²) in [7, 11) is -2.33. The molecule has 1 unspecified atom stereocenters. The second-order valence-electron chi connectivity index (χ2n) is 7.88. The van der Waals surface area contributed by atoms with Crippen molar-refractivity contribution < 1.29 is 13.2 Å². The van der Waals surface area contributed by atoms with Gasteiger partial charge in [-0.25, -0.2) is 8.42 Å². The number of amides is 1. The van der Waals surface area contributed by atoms with Crippen molar-refractivity contribution in [1.29, 1.82) is 0 Å². The molecule has 29 heavy (non-hydrogen) atoms. The van der Waals surface area contributed by atoms with Gasteiger partial charge >= 0.3 is 0 Å². The third kappa shape index (κ3) is 4.43. The predicted molar refractivity (Wildman–Crippen MR) is 117 cm³/mol. The number of anilines is 1. The minimum absolute atomic E-state index is 0.0401. The van der Waals surface area contributed by atoms with E-state index in [4.69, 9.17) is 11.6 Å². The van der Waals surface area contributed by atoms with E-state index in [1.165, 1.54) is 29.6 Å². The summed E-state index contributed by atoms with van der Waals surface area (Å²) in [5, 5.41) is 0.262. The van der Waals surface area contributed by atoms with Crippen LogP contribution in [-0.4, -0.2) is 38.4 Å². The molecular weight excluding hydrogens is 408 g/mol. The molecule has 0 aromatic heterocycles. The van der Waals surface area contributed by atoms with Gasteiger partial charge in [-0.3, -0.25) is 9.10 Å². The zero-order chi connectivity index (χ0) is 21.3. The van der Waals surface area contributed by atoms with Crippen LogP contribution in [0.5, 0.6) is 0 Å². The van der Waals surface area contributed by atoms with Crippen LogP contribution < -0.4 is 4.31 Å². The third-order valence-corrected chi connectivity index (χ3v) is 7.64. The highest BCUT2D eigenvalue weighted by Crippen LogP contribution is 2.34. The molecule has 1 aliphatic carbocycles. The van der Waals surface area contributed by atoms with E-state index in [1.807, 2.05) is 17.9 Å². The Labute approximate surface area is 178 Å². The molecule has 0 radical (unpaired) electrons. The topological polar surface area (TPSA) is 57.7 Å². The molecule has 2 aromatic carbocycles. The number of benzene rings is 2. The molecule has 1 amide bonds. The van der Waals surface area contributed by atoms with E-state index in [0.717, 1.165) is 12.8 Å². The highest BCUT2D eigenvalue weighted by atomic mass is 35.5. The number of halogens is 1. The minimum Gasteiger partial charge on any atom is -0.333 e. The highest BCUT2D eigenvalue weighted by molar-refractivity contribution is 7.92. The maximum atomic E-state index is 13.3. The Morgan fingerprint density at radius 3 is 2.24 bits per heavy atom. The minimum atomic E-state index is -3.83. The van der Waals surface area contributed by atoms with Gasteiger partial charge in [-0.1, -0.05) is 43.6 Å². The van der Waals surface area contributed by atoms with Crippen molar-refractivity contribution in [2.24, 2.45) is 5.92 Å². The first-order valence-electron chi connectivity index (χ1n) is 9.80. The molecule has 0 N–H and O–H groups in total. The van der Waals surface area contributed by atoms with Gasteiger partial charge in [0.05, 0.1) is 21.2 Å². The first-order valence-corrected chi connectivity index (χ1v) is 11.6. The lowest BCUT2D eigenvalue weighted by Crippen LogP contribution is -2.43. The fourth-order valence-electron chi connectivity index (χ4n) is 3.26. The zero-order valence-electron chi connectivity index (χ0n) is 17.2. The van der Waals surface area contributed by atoms with Gasteiger partial charge in [-0.15, -0.1) is 0 Å². The molecule has 3 rings (SSSR count). The smallest absolute Gasteiger partial charge is 0.264 e. The number of sulfonamides is 1. The van der Waals surface area contributed by atoms with Gasteiger partial charge in [0, 0.05) is 19.1 Å². The van der Waals surface area contributed by atoms with Crippen LogP contribution in [0.15, 0.2) is 53.4 Å². The fraction of sp³-hybridized carbons (Fsp3) is 0.409. The lowest BCUT2D eigenvalue weighted by Gasteiger charge is -2.32. The quantitative estimate of drug-likeness (QED) is 0.628. The fourth-order valence-corrected chi connectivity index (χ4v) is 4.68. The van der Waals surface area contributed by atoms with Crippen molar-refractivity contribution in [3.05, 3.63) is 59.1 Å². The standard InChI is InChI=1S/C22H27ClN2O3S/c1-15(2)16(3)25(18-10-11-18)22(26)20-14-19(12-13-21(20)23)29(27,28)24(4)17-8-6-5-7-9-17/h5-9,12-16,18H,10-11H2,1-4H3. The molecule has 0 aliphatic heterocycles. The summed E-state index contributed by atoms with van der Waals surface area (Å²) in [5.41, 5.74) is 0.775. The van der Waals surface area contributed by atoms with E-state index >= 15 is 0 Å². The van der Waals surface area contributed by atoms with E-state index in [0.29, 0.717) is 5.69 Å². The number of carbonyl (C=O) groups excluding carboxylic acids is 1. The monoisotopic (exact) mass is 434 g/mol. The summed E-state index contributed by atoms with van der Waals surface area (Å²) in [6, 6.07) is 13.4. The Balaban J connectivity index is 1.98. The van der Waals surface area contributed by atoms with Crippen LogP contribution in [0.2, 0.25) is 5.02 Å². The summed E-state index contributed by atoms with van der Waals surface area (Å²) in [4.78, 5) is 15.3. The van der Waals surface area contributed by atoms with E-state index in [1.54, 1.807) is 24.3 Å². The Kier molecular flexibility index (Phi) is 6.24. The van der Waals surface area contributed by atoms with E-state index < -0.39 is 10.0 Å². The van der Waals surface area contributed by atoms with Gasteiger partial charge < -0.3 is 4.90 Å². The zero-order valence-corrected chi connectivity index (χ0v) is 18.7. The highest BCUT2D eigenvalue weighted by Gasteiger charge is 2.38. The number of carbonyl (C=O) groups is 1. The summed E-state index contributed by atoms with van der Waals surface area (Å²) in [6.07, 6.45) is 1.93. The van der Waals surface area contributed by atoms with Crippen LogP contribution in [0.3, 0.4) is 0 Å². The Bertz CT molecular complexity index is 988. The molecule has 156 valence electrons. The SMILES string of the molecule is CC(C)C(C)N(C(=O)c1cc(S(=O)(=O)N(C)c2ccccc2)ccc1Cl)C1CC1. The van der Waals surface area contributed by atoms with Gasteiger partial charge in [0.1, 0.15) is 0 Å². The first-order chi connectivity index (χ1) is 13.6. The van der Waals surface area contributed by atoms with E-state index in [2.05, 4.69) is 13.8 Å². The van der Waals surface area contributed by atoms with Crippen molar-refractivity contribution in [2.75, 3.05) is 11.4 Å². The molecule has 1 atom stereocenters. The third-order valence-electron chi connectivity index (χ3n) is 5.52. The molecule has 2 aromatic rings. The van der Waals surface area contributed by atoms with Crippen molar-refractivity contribution in [3.8, 4) is 0 Å². The van der Waals surface area contributed by atoms with Crippen LogP contribution in [0.1, 0.15) is 44.0 Å². The second kappa shape index (κ2) is 8.36. The average molecular weight is 435 g/mol. The predicted octanol–water partition coefficient (Wildman–Crippen LogP) is 4.81. The number of rotatable bonds is 7. The lowest BCUT2D eigenvalue weighted by atomic mass is 10.0. The molecule has 1 saturated carbocycles. The Morgan fingerprint density at radius 2 is 1.69 bits per heavy atom. The second-order valence-corrected chi connectivity index (χ2v) is 10.3. The first kappa shape index (κ1) is 21.7. The van der Waals surface area contributed by atoms with Crippen LogP contribution in [0.25, 0.3) is 0 Å². The Morgan fingerprint density at radius 1 is 1.07 bits per heavy atom. The van der Waals surface area contributed by atoms with Gasteiger partial charge in [0.15, 0.2) is 0 Å². The van der Waals surface area contributed by atoms with E-state index in [9.17, 15) is 13.2 Å². The Hall–Kier alpha value is -2.05. The van der Waals surface area contributed by atoms with E-state index in [-0.39, 0.29) is 39.4 Å². The maximum Gasteiger partial charge on any atom is 0.264 e. The normalized spacial score (nSPS) is 15.2. The van der Waals surface area contributed by atoms with Gasteiger partial charge in [-0.2, -0.15) is 0 Å². The summed E-state index contributed by atoms with van der Waals surface area (Å²) in [5.74, 6) is 0.0765. The van der Waals surface area contributed by atoms with Crippen molar-refractivity contribution >= 4 is 33.2 Å². The van der Waals surface area contributed by atoms with Crippen LogP contribution in [0, 0.1) is 5.92 Å². The summed E-state index contributed by atoms with van der Waals surface area (Å²) in [6.45, 7) is 6.17. The molecule has 0 spiro atoms. The molecular formula is C22H27ClN2O3S. The van der Waals surface area contributed by atoms with Crippen LogP contribution in [-0.2, 0) is 10.0 Å². The van der Waals surface area contributed by atoms with Gasteiger partial charge in [0.2, 0.25) is 0 Å². The van der Waals surface area contributed by atoms with Crippen molar-refractivity contribution in [3.63, 3.8) is 0 Å². The molecule has 0 saturated heterocycles. The summed E-state index contributed by atoms with van der Waals surface area (Å²) < 4.78 is 27.5. The van der Waals surface area contributed by atoms with Crippen LogP contribution in [0.4, 0.5) is 5.69 Å². The molecule has 1 fully saturated rings.